The lowest BCUT2D eigenvalue weighted by Crippen LogP contribution is -2.49. The second kappa shape index (κ2) is 19.4. The number of aliphatic hydroxyl groups excluding tert-OH is 1. The van der Waals surface area contributed by atoms with E-state index in [1.54, 1.807) is 12.1 Å². The number of carbonyl (C=O) groups excluding carboxylic acids is 1. The molecule has 6 rings (SSSR count). The Kier molecular flexibility index (Phi) is 14.0. The number of non-ortho nitro benzene ring substituents is 1. The number of amides is 1. The average Bonchev–Trinajstić information content (AvgIpc) is 3.21. The molecule has 2 saturated heterocycles. The third-order valence-corrected chi connectivity index (χ3v) is 10.4. The Labute approximate surface area is 321 Å². The van der Waals surface area contributed by atoms with E-state index in [0.717, 1.165) is 91.1 Å². The van der Waals surface area contributed by atoms with Crippen LogP contribution in [0, 0.1) is 10.1 Å². The first-order valence-electron chi connectivity index (χ1n) is 19.1. The lowest BCUT2D eigenvalue weighted by atomic mass is 9.98. The molecule has 4 aromatic rings. The van der Waals surface area contributed by atoms with Gasteiger partial charge in [0.25, 0.3) is 5.69 Å². The molecule has 0 radical (unpaired) electrons. The number of nitro benzene ring substituents is 1. The van der Waals surface area contributed by atoms with E-state index < -0.39 is 12.3 Å². The Morgan fingerprint density at radius 2 is 1.47 bits per heavy atom. The fourth-order valence-electron chi connectivity index (χ4n) is 7.19. The normalized spacial score (nSPS) is 18.9. The van der Waals surface area contributed by atoms with Crippen molar-refractivity contribution in [3.05, 3.63) is 129 Å². The second-order valence-corrected chi connectivity index (χ2v) is 14.3. The first kappa shape index (κ1) is 39.6. The molecule has 0 aliphatic carbocycles. The highest BCUT2D eigenvalue weighted by atomic mass is 16.7. The highest BCUT2D eigenvalue weighted by molar-refractivity contribution is 5.76. The number of ether oxygens (including phenoxy) is 2. The van der Waals surface area contributed by atoms with Crippen molar-refractivity contribution in [2.75, 3.05) is 37.6 Å². The quantitative estimate of drug-likeness (QED) is 0.0575. The number of benzene rings is 4. The molecule has 0 saturated carbocycles. The number of nitrogens with zero attached hydrogens (tertiary/aromatic N) is 3. The molecule has 0 aromatic heterocycles. The van der Waals surface area contributed by atoms with Gasteiger partial charge in [-0.25, -0.2) is 0 Å². The number of hydrogen-bond acceptors (Lipinski definition) is 9. The number of anilines is 1. The van der Waals surface area contributed by atoms with Crippen LogP contribution < -0.4 is 10.2 Å². The van der Waals surface area contributed by atoms with Crippen LogP contribution in [0.1, 0.15) is 79.6 Å². The van der Waals surface area contributed by atoms with E-state index >= 15 is 0 Å². The molecule has 2 fully saturated rings. The van der Waals surface area contributed by atoms with Gasteiger partial charge in [0.15, 0.2) is 6.29 Å². The molecule has 0 bridgehead atoms. The number of unbranched alkanes of at least 4 members (excludes halogenated alkanes) is 3. The molecule has 3 unspecified atom stereocenters. The van der Waals surface area contributed by atoms with Gasteiger partial charge in [0.2, 0.25) is 5.91 Å². The standard InChI is InChI=1S/C43H50N4O8/c48-30-31-10-12-34(13-11-31)40-27-39(29-45-22-24-46(25-23-45)37-18-20-38(21-19-37)47(52)53)54-43(55-40)35-16-14-33(15-17-35)36-7-5-6-32(26-36)28-44-41(49)8-3-1-2-4-9-42(50)51/h5-7,10-21,26,39-40,43,48H,1-4,8-9,22-25,27-30H2,(H,44,49)(H,50,51). The second-order valence-electron chi connectivity index (χ2n) is 14.3. The van der Waals surface area contributed by atoms with Crippen LogP contribution in [0.4, 0.5) is 11.4 Å². The van der Waals surface area contributed by atoms with Crippen molar-refractivity contribution < 1.29 is 34.2 Å². The highest BCUT2D eigenvalue weighted by Gasteiger charge is 2.34. The van der Waals surface area contributed by atoms with E-state index in [2.05, 4.69) is 39.4 Å². The van der Waals surface area contributed by atoms with Crippen molar-refractivity contribution in [2.45, 2.75) is 76.6 Å². The maximum atomic E-state index is 12.4. The molecule has 2 heterocycles. The number of piperazine rings is 1. The number of nitrogens with one attached hydrogen (secondary N) is 1. The summed E-state index contributed by atoms with van der Waals surface area (Å²) in [6.07, 6.45) is 3.47. The molecule has 12 nitrogen and oxygen atoms in total. The Hall–Kier alpha value is -5.14. The fraction of sp³-hybridized carbons (Fsp3) is 0.395. The number of aliphatic carboxylic acids is 1. The van der Waals surface area contributed by atoms with Gasteiger partial charge in [-0.2, -0.15) is 0 Å². The summed E-state index contributed by atoms with van der Waals surface area (Å²) < 4.78 is 13.3. The number of rotatable bonds is 17. The first-order valence-corrected chi connectivity index (χ1v) is 19.1. The molecule has 3 N–H and O–H groups in total. The third kappa shape index (κ3) is 11.4. The Morgan fingerprint density at radius 3 is 2.15 bits per heavy atom. The van der Waals surface area contributed by atoms with Gasteiger partial charge in [-0.15, -0.1) is 0 Å². The summed E-state index contributed by atoms with van der Waals surface area (Å²) >= 11 is 0. The Bertz CT molecular complexity index is 1860. The Morgan fingerprint density at radius 1 is 0.782 bits per heavy atom. The van der Waals surface area contributed by atoms with Crippen LogP contribution in [0.3, 0.4) is 0 Å². The SMILES string of the molecule is O=C(O)CCCCCCC(=O)NCc1cccc(-c2ccc(C3OC(CN4CCN(c5ccc([N+](=O)[O-])cc5)CC4)CC(c4ccc(CO)cc4)O3)cc2)c1. The molecule has 3 atom stereocenters. The number of carboxylic acids is 1. The van der Waals surface area contributed by atoms with E-state index in [-0.39, 0.29) is 41.8 Å². The summed E-state index contributed by atoms with van der Waals surface area (Å²) in [5, 5.41) is 32.4. The van der Waals surface area contributed by atoms with Crippen LogP contribution in [0.25, 0.3) is 11.1 Å². The largest absolute Gasteiger partial charge is 0.481 e. The van der Waals surface area contributed by atoms with Crippen molar-refractivity contribution in [2.24, 2.45) is 0 Å². The van der Waals surface area contributed by atoms with Crippen LogP contribution in [-0.4, -0.2) is 70.7 Å². The first-order chi connectivity index (χ1) is 26.7. The molecule has 2 aliphatic heterocycles. The van der Waals surface area contributed by atoms with E-state index in [0.29, 0.717) is 25.8 Å². The van der Waals surface area contributed by atoms with E-state index in [4.69, 9.17) is 14.6 Å². The van der Waals surface area contributed by atoms with Gasteiger partial charge in [-0.3, -0.25) is 24.6 Å². The van der Waals surface area contributed by atoms with Crippen molar-refractivity contribution in [3.8, 4) is 11.1 Å². The number of hydrogen-bond donors (Lipinski definition) is 3. The van der Waals surface area contributed by atoms with Crippen LogP contribution in [0.5, 0.6) is 0 Å². The van der Waals surface area contributed by atoms with Crippen molar-refractivity contribution in [3.63, 3.8) is 0 Å². The molecule has 2 aliphatic rings. The summed E-state index contributed by atoms with van der Waals surface area (Å²) in [7, 11) is 0. The number of nitro groups is 1. The Balaban J connectivity index is 1.06. The zero-order valence-electron chi connectivity index (χ0n) is 31.1. The summed E-state index contributed by atoms with van der Waals surface area (Å²) in [6, 6.07) is 31.0. The summed E-state index contributed by atoms with van der Waals surface area (Å²) in [6.45, 7) is 4.45. The minimum absolute atomic E-state index is 0.00840. The van der Waals surface area contributed by atoms with Gasteiger partial charge in [-0.1, -0.05) is 79.6 Å². The van der Waals surface area contributed by atoms with Crippen molar-refractivity contribution in [1.29, 1.82) is 0 Å². The lowest BCUT2D eigenvalue weighted by molar-refractivity contribution is -0.384. The molecule has 0 spiro atoms. The topological polar surface area (TPSA) is 155 Å². The molecule has 12 heteroatoms. The lowest BCUT2D eigenvalue weighted by Gasteiger charge is -2.41. The highest BCUT2D eigenvalue weighted by Crippen LogP contribution is 2.39. The average molecular weight is 751 g/mol. The fourth-order valence-corrected chi connectivity index (χ4v) is 7.19. The number of carbonyl (C=O) groups is 2. The molecular weight excluding hydrogens is 700 g/mol. The van der Waals surface area contributed by atoms with Gasteiger partial charge >= 0.3 is 5.97 Å². The minimum atomic E-state index is -0.782. The minimum Gasteiger partial charge on any atom is -0.481 e. The van der Waals surface area contributed by atoms with Crippen LogP contribution in [0.2, 0.25) is 0 Å². The third-order valence-electron chi connectivity index (χ3n) is 10.4. The molecule has 4 aromatic carbocycles. The smallest absolute Gasteiger partial charge is 0.303 e. The van der Waals surface area contributed by atoms with Crippen molar-refractivity contribution in [1.82, 2.24) is 10.2 Å². The van der Waals surface area contributed by atoms with Crippen LogP contribution >= 0.6 is 0 Å². The zero-order valence-corrected chi connectivity index (χ0v) is 31.1. The molecule has 55 heavy (non-hydrogen) atoms. The van der Waals surface area contributed by atoms with Gasteiger partial charge < -0.3 is 29.9 Å². The van der Waals surface area contributed by atoms with Gasteiger partial charge in [0.05, 0.1) is 23.7 Å². The predicted molar refractivity (Wildman–Crippen MR) is 209 cm³/mol. The van der Waals surface area contributed by atoms with Crippen LogP contribution in [0.15, 0.2) is 97.1 Å². The number of aliphatic hydroxyl groups is 1. The zero-order chi connectivity index (χ0) is 38.6. The molecule has 290 valence electrons. The molecular formula is C43H50N4O8. The predicted octanol–water partition coefficient (Wildman–Crippen LogP) is 7.16. The van der Waals surface area contributed by atoms with Crippen molar-refractivity contribution >= 4 is 23.3 Å². The van der Waals surface area contributed by atoms with Crippen LogP contribution in [-0.2, 0) is 32.2 Å². The summed E-state index contributed by atoms with van der Waals surface area (Å²) in [5.74, 6) is -0.790. The monoisotopic (exact) mass is 750 g/mol. The van der Waals surface area contributed by atoms with E-state index in [9.17, 15) is 24.8 Å². The molecule has 1 amide bonds. The van der Waals surface area contributed by atoms with E-state index in [1.165, 1.54) is 0 Å². The van der Waals surface area contributed by atoms with Gasteiger partial charge in [-0.05, 0) is 58.9 Å². The maximum absolute atomic E-state index is 12.4. The number of carboxylic acid groups (broad SMARTS) is 1. The van der Waals surface area contributed by atoms with Gasteiger partial charge in [0, 0.05) is 81.9 Å². The summed E-state index contributed by atoms with van der Waals surface area (Å²) in [5.41, 5.74) is 6.94. The maximum Gasteiger partial charge on any atom is 0.303 e. The van der Waals surface area contributed by atoms with Gasteiger partial charge in [0.1, 0.15) is 0 Å². The van der Waals surface area contributed by atoms with E-state index in [1.807, 2.05) is 60.7 Å². The summed E-state index contributed by atoms with van der Waals surface area (Å²) in [4.78, 5) is 38.4.